The van der Waals surface area contributed by atoms with Gasteiger partial charge in [0.15, 0.2) is 5.11 Å². The maximum atomic E-state index is 5.34. The number of methoxy groups -OCH3 is 1. The van der Waals surface area contributed by atoms with E-state index in [0.717, 1.165) is 31.3 Å². The molecule has 4 nitrogen and oxygen atoms in total. The summed E-state index contributed by atoms with van der Waals surface area (Å²) in [5, 5.41) is 4.07. The molecule has 1 atom stereocenters. The third-order valence-electron chi connectivity index (χ3n) is 2.67. The standard InChI is InChI=1S/C10H21N3OS/c1-9-8-12(2)5-6-13(9)10(15)11-4-7-14-3/h9H,4-8H2,1-3H3,(H,11,15). The van der Waals surface area contributed by atoms with E-state index >= 15 is 0 Å². The number of ether oxygens (including phenoxy) is 1. The predicted molar refractivity (Wildman–Crippen MR) is 66.1 cm³/mol. The van der Waals surface area contributed by atoms with Crippen molar-refractivity contribution in [2.45, 2.75) is 13.0 Å². The van der Waals surface area contributed by atoms with Gasteiger partial charge in [-0.3, -0.25) is 0 Å². The van der Waals surface area contributed by atoms with E-state index in [2.05, 4.69) is 29.1 Å². The number of rotatable bonds is 3. The lowest BCUT2D eigenvalue weighted by Crippen LogP contribution is -2.55. The molecule has 1 fully saturated rings. The highest BCUT2D eigenvalue weighted by Crippen LogP contribution is 2.07. The monoisotopic (exact) mass is 231 g/mol. The third-order valence-corrected chi connectivity index (χ3v) is 3.05. The van der Waals surface area contributed by atoms with Crippen molar-refractivity contribution in [1.82, 2.24) is 15.1 Å². The first-order chi connectivity index (χ1) is 7.15. The van der Waals surface area contributed by atoms with Crippen LogP contribution in [0.1, 0.15) is 6.92 Å². The molecule has 1 N–H and O–H groups in total. The average molecular weight is 231 g/mol. The summed E-state index contributed by atoms with van der Waals surface area (Å²) in [5.41, 5.74) is 0. The highest BCUT2D eigenvalue weighted by Gasteiger charge is 2.22. The topological polar surface area (TPSA) is 27.7 Å². The minimum atomic E-state index is 0.492. The number of likely N-dealkylation sites (N-methyl/N-ethyl adjacent to an activating group) is 1. The molecule has 0 aromatic heterocycles. The van der Waals surface area contributed by atoms with E-state index in [4.69, 9.17) is 17.0 Å². The van der Waals surface area contributed by atoms with Crippen molar-refractivity contribution in [3.63, 3.8) is 0 Å². The molecule has 1 rings (SSSR count). The lowest BCUT2D eigenvalue weighted by Gasteiger charge is -2.39. The molecule has 0 aromatic carbocycles. The van der Waals surface area contributed by atoms with Crippen LogP contribution < -0.4 is 5.32 Å². The highest BCUT2D eigenvalue weighted by atomic mass is 32.1. The van der Waals surface area contributed by atoms with Gasteiger partial charge >= 0.3 is 0 Å². The fraction of sp³-hybridized carbons (Fsp3) is 0.900. The molecular formula is C10H21N3OS. The Morgan fingerprint density at radius 1 is 1.53 bits per heavy atom. The Hall–Kier alpha value is -0.390. The van der Waals surface area contributed by atoms with Crippen molar-refractivity contribution >= 4 is 17.3 Å². The van der Waals surface area contributed by atoms with Crippen molar-refractivity contribution in [2.24, 2.45) is 0 Å². The highest BCUT2D eigenvalue weighted by molar-refractivity contribution is 7.80. The summed E-state index contributed by atoms with van der Waals surface area (Å²) in [4.78, 5) is 4.59. The lowest BCUT2D eigenvalue weighted by atomic mass is 10.2. The smallest absolute Gasteiger partial charge is 0.169 e. The minimum absolute atomic E-state index is 0.492. The Kier molecular flexibility index (Phi) is 5.28. The molecule has 1 aliphatic rings. The summed E-state index contributed by atoms with van der Waals surface area (Å²) >= 11 is 5.34. The lowest BCUT2D eigenvalue weighted by molar-refractivity contribution is 0.158. The van der Waals surface area contributed by atoms with Crippen molar-refractivity contribution in [2.75, 3.05) is 46.9 Å². The summed E-state index contributed by atoms with van der Waals surface area (Å²) in [5.74, 6) is 0. The summed E-state index contributed by atoms with van der Waals surface area (Å²) < 4.78 is 4.97. The maximum absolute atomic E-state index is 5.34. The molecule has 1 saturated heterocycles. The molecule has 0 amide bonds. The van der Waals surface area contributed by atoms with Crippen LogP contribution in [-0.2, 0) is 4.74 Å². The molecule has 0 spiro atoms. The number of piperazine rings is 1. The Labute approximate surface area is 97.6 Å². The van der Waals surface area contributed by atoms with Gasteiger partial charge in [0, 0.05) is 39.3 Å². The van der Waals surface area contributed by atoms with E-state index < -0.39 is 0 Å². The molecule has 0 radical (unpaired) electrons. The largest absolute Gasteiger partial charge is 0.383 e. The number of nitrogens with one attached hydrogen (secondary N) is 1. The molecule has 0 bridgehead atoms. The van der Waals surface area contributed by atoms with Crippen molar-refractivity contribution in [3.8, 4) is 0 Å². The van der Waals surface area contributed by atoms with Crippen LogP contribution in [0.3, 0.4) is 0 Å². The number of nitrogens with zero attached hydrogens (tertiary/aromatic N) is 2. The number of hydrogen-bond acceptors (Lipinski definition) is 3. The second-order valence-corrected chi connectivity index (χ2v) is 4.42. The van der Waals surface area contributed by atoms with Crippen LogP contribution in [0.2, 0.25) is 0 Å². The maximum Gasteiger partial charge on any atom is 0.169 e. The van der Waals surface area contributed by atoms with E-state index in [-0.39, 0.29) is 0 Å². The molecule has 88 valence electrons. The van der Waals surface area contributed by atoms with E-state index in [9.17, 15) is 0 Å². The number of thiocarbonyl (C=S) groups is 1. The van der Waals surface area contributed by atoms with Crippen LogP contribution in [0, 0.1) is 0 Å². The Morgan fingerprint density at radius 3 is 2.87 bits per heavy atom. The van der Waals surface area contributed by atoms with Gasteiger partial charge in [-0.15, -0.1) is 0 Å². The first kappa shape index (κ1) is 12.7. The van der Waals surface area contributed by atoms with Gasteiger partial charge < -0.3 is 19.9 Å². The van der Waals surface area contributed by atoms with Gasteiger partial charge in [0.25, 0.3) is 0 Å². The van der Waals surface area contributed by atoms with Crippen LogP contribution >= 0.6 is 12.2 Å². The van der Waals surface area contributed by atoms with Gasteiger partial charge in [0.1, 0.15) is 0 Å². The number of hydrogen-bond donors (Lipinski definition) is 1. The molecule has 1 aliphatic heterocycles. The molecule has 0 aromatic rings. The van der Waals surface area contributed by atoms with Crippen molar-refractivity contribution in [3.05, 3.63) is 0 Å². The van der Waals surface area contributed by atoms with E-state index in [0.29, 0.717) is 12.6 Å². The zero-order chi connectivity index (χ0) is 11.3. The third kappa shape index (κ3) is 3.93. The van der Waals surface area contributed by atoms with Crippen LogP contribution in [0.4, 0.5) is 0 Å². The molecule has 0 saturated carbocycles. The van der Waals surface area contributed by atoms with Gasteiger partial charge in [-0.1, -0.05) is 0 Å². The quantitative estimate of drug-likeness (QED) is 0.551. The predicted octanol–water partition coefficient (Wildman–Crippen LogP) is 0.143. The zero-order valence-corrected chi connectivity index (χ0v) is 10.6. The fourth-order valence-electron chi connectivity index (χ4n) is 1.80. The summed E-state index contributed by atoms with van der Waals surface area (Å²) in [7, 11) is 3.85. The molecule has 15 heavy (non-hydrogen) atoms. The second-order valence-electron chi connectivity index (χ2n) is 4.03. The molecule has 1 unspecified atom stereocenters. The van der Waals surface area contributed by atoms with Crippen LogP contribution in [0.5, 0.6) is 0 Å². The molecule has 1 heterocycles. The van der Waals surface area contributed by atoms with Gasteiger partial charge in [-0.2, -0.15) is 0 Å². The first-order valence-electron chi connectivity index (χ1n) is 5.37. The van der Waals surface area contributed by atoms with Crippen LogP contribution in [0.15, 0.2) is 0 Å². The molecule has 5 heteroatoms. The Bertz CT molecular complexity index is 213. The van der Waals surface area contributed by atoms with Crippen molar-refractivity contribution in [1.29, 1.82) is 0 Å². The average Bonchev–Trinajstić information content (AvgIpc) is 2.17. The summed E-state index contributed by atoms with van der Waals surface area (Å²) in [6.07, 6.45) is 0. The first-order valence-corrected chi connectivity index (χ1v) is 5.78. The minimum Gasteiger partial charge on any atom is -0.383 e. The molecule has 0 aliphatic carbocycles. The van der Waals surface area contributed by atoms with E-state index in [1.807, 2.05) is 0 Å². The van der Waals surface area contributed by atoms with Gasteiger partial charge in [0.2, 0.25) is 0 Å². The summed E-state index contributed by atoms with van der Waals surface area (Å²) in [6.45, 7) is 6.86. The zero-order valence-electron chi connectivity index (χ0n) is 9.82. The van der Waals surface area contributed by atoms with E-state index in [1.165, 1.54) is 0 Å². The van der Waals surface area contributed by atoms with Crippen molar-refractivity contribution < 1.29 is 4.74 Å². The normalized spacial score (nSPS) is 22.9. The van der Waals surface area contributed by atoms with E-state index in [1.54, 1.807) is 7.11 Å². The SMILES string of the molecule is COCCNC(=S)N1CCN(C)CC1C. The van der Waals surface area contributed by atoms with Gasteiger partial charge in [-0.25, -0.2) is 0 Å². The summed E-state index contributed by atoms with van der Waals surface area (Å²) in [6, 6.07) is 0.492. The Balaban J connectivity index is 2.32. The molecular weight excluding hydrogens is 210 g/mol. The van der Waals surface area contributed by atoms with Crippen LogP contribution in [-0.4, -0.2) is 67.9 Å². The van der Waals surface area contributed by atoms with Gasteiger partial charge in [-0.05, 0) is 26.2 Å². The second kappa shape index (κ2) is 6.25. The fourth-order valence-corrected chi connectivity index (χ4v) is 2.18. The Morgan fingerprint density at radius 2 is 2.27 bits per heavy atom. The van der Waals surface area contributed by atoms with Crippen LogP contribution in [0.25, 0.3) is 0 Å². The van der Waals surface area contributed by atoms with Gasteiger partial charge in [0.05, 0.1) is 6.61 Å².